The quantitative estimate of drug-likeness (QED) is 0.560. The molecule has 5 rings (SSSR count). The molecule has 1 N–H and O–H groups in total. The summed E-state index contributed by atoms with van der Waals surface area (Å²) in [6, 6.07) is 11.0. The van der Waals surface area contributed by atoms with E-state index in [2.05, 4.69) is 10.2 Å². The van der Waals surface area contributed by atoms with Crippen molar-refractivity contribution in [2.75, 3.05) is 34.1 Å². The zero-order chi connectivity index (χ0) is 25.3. The fourth-order valence-electron chi connectivity index (χ4n) is 5.65. The highest BCUT2D eigenvalue weighted by Crippen LogP contribution is 2.38. The standard InChI is InChI=1S/C27H33N3O6/c1-4-27(20-9-11-29(12-10-20)16-19-14-21(33-2)6-8-22(19)34-3)25(31)30(26(32)28-27)15-18-5-7-23-24(13-18)36-17-35-23/h5-8,13-14,20H,4,9-12,15-17H2,1-3H3,(H,28,32)/t27-/m1/s1. The lowest BCUT2D eigenvalue weighted by Crippen LogP contribution is -2.55. The number of piperidine rings is 1. The van der Waals surface area contributed by atoms with E-state index in [1.165, 1.54) is 4.90 Å². The number of carbonyl (C=O) groups excluding carboxylic acids is 2. The Morgan fingerprint density at radius 1 is 1.00 bits per heavy atom. The van der Waals surface area contributed by atoms with Crippen LogP contribution in [0, 0.1) is 5.92 Å². The van der Waals surface area contributed by atoms with E-state index in [-0.39, 0.29) is 31.2 Å². The van der Waals surface area contributed by atoms with Crippen molar-refractivity contribution in [3.63, 3.8) is 0 Å². The third-order valence-corrected chi connectivity index (χ3v) is 7.70. The predicted molar refractivity (Wildman–Crippen MR) is 132 cm³/mol. The minimum atomic E-state index is -0.868. The topological polar surface area (TPSA) is 89.6 Å². The van der Waals surface area contributed by atoms with Gasteiger partial charge in [0, 0.05) is 12.1 Å². The van der Waals surface area contributed by atoms with Crippen LogP contribution >= 0.6 is 0 Å². The minimum Gasteiger partial charge on any atom is -0.497 e. The molecule has 36 heavy (non-hydrogen) atoms. The summed E-state index contributed by atoms with van der Waals surface area (Å²) >= 11 is 0. The van der Waals surface area contributed by atoms with E-state index in [0.717, 1.165) is 55.1 Å². The third-order valence-electron chi connectivity index (χ3n) is 7.70. The number of hydrogen-bond donors (Lipinski definition) is 1. The molecule has 0 spiro atoms. The van der Waals surface area contributed by atoms with Crippen molar-refractivity contribution in [1.82, 2.24) is 15.1 Å². The number of imide groups is 1. The lowest BCUT2D eigenvalue weighted by molar-refractivity contribution is -0.134. The molecule has 0 bridgehead atoms. The van der Waals surface area contributed by atoms with Crippen LogP contribution in [0.1, 0.15) is 37.3 Å². The number of rotatable bonds is 8. The second-order valence-electron chi connectivity index (χ2n) is 9.56. The van der Waals surface area contributed by atoms with Gasteiger partial charge in [-0.2, -0.15) is 0 Å². The molecule has 3 amide bonds. The summed E-state index contributed by atoms with van der Waals surface area (Å²) in [4.78, 5) is 30.4. The van der Waals surface area contributed by atoms with E-state index < -0.39 is 5.54 Å². The maximum atomic E-state index is 13.7. The van der Waals surface area contributed by atoms with Gasteiger partial charge < -0.3 is 24.3 Å². The highest BCUT2D eigenvalue weighted by Gasteiger charge is 2.54. The van der Waals surface area contributed by atoms with Crippen molar-refractivity contribution in [1.29, 1.82) is 0 Å². The summed E-state index contributed by atoms with van der Waals surface area (Å²) < 4.78 is 21.7. The molecule has 3 aliphatic heterocycles. The van der Waals surface area contributed by atoms with E-state index in [1.807, 2.05) is 43.3 Å². The number of urea groups is 1. The maximum Gasteiger partial charge on any atom is 0.325 e. The average molecular weight is 496 g/mol. The van der Waals surface area contributed by atoms with Crippen LogP contribution in [0.25, 0.3) is 0 Å². The van der Waals surface area contributed by atoms with Gasteiger partial charge in [0.05, 0.1) is 20.8 Å². The molecular formula is C27H33N3O6. The van der Waals surface area contributed by atoms with Crippen molar-refractivity contribution in [2.45, 2.75) is 44.8 Å². The van der Waals surface area contributed by atoms with Crippen LogP contribution < -0.4 is 24.3 Å². The first-order valence-corrected chi connectivity index (χ1v) is 12.4. The average Bonchev–Trinajstić information content (AvgIpc) is 3.47. The summed E-state index contributed by atoms with van der Waals surface area (Å²) in [5.74, 6) is 2.89. The Labute approximate surface area is 211 Å². The fraction of sp³-hybridized carbons (Fsp3) is 0.481. The number of benzene rings is 2. The van der Waals surface area contributed by atoms with E-state index in [0.29, 0.717) is 17.9 Å². The molecule has 0 saturated carbocycles. The van der Waals surface area contributed by atoms with Gasteiger partial charge in [-0.1, -0.05) is 13.0 Å². The smallest absolute Gasteiger partial charge is 0.325 e. The molecule has 9 nitrogen and oxygen atoms in total. The zero-order valence-electron chi connectivity index (χ0n) is 21.0. The molecule has 2 aromatic carbocycles. The van der Waals surface area contributed by atoms with Gasteiger partial charge in [-0.25, -0.2) is 4.79 Å². The van der Waals surface area contributed by atoms with Gasteiger partial charge in [0.15, 0.2) is 11.5 Å². The number of fused-ring (bicyclic) bond motifs is 1. The Kier molecular flexibility index (Phi) is 6.66. The predicted octanol–water partition coefficient (Wildman–Crippen LogP) is 3.55. The molecule has 1 atom stereocenters. The molecule has 2 saturated heterocycles. The van der Waals surface area contributed by atoms with Crippen LogP contribution in [0.3, 0.4) is 0 Å². The van der Waals surface area contributed by atoms with Crippen LogP contribution in [-0.2, 0) is 17.9 Å². The Bertz CT molecular complexity index is 1150. The second kappa shape index (κ2) is 9.89. The molecule has 0 aromatic heterocycles. The van der Waals surface area contributed by atoms with Gasteiger partial charge in [-0.05, 0) is 74.2 Å². The first-order chi connectivity index (χ1) is 17.5. The Hall–Kier alpha value is -3.46. The van der Waals surface area contributed by atoms with E-state index in [4.69, 9.17) is 18.9 Å². The Morgan fingerprint density at radius 2 is 1.78 bits per heavy atom. The molecule has 192 valence electrons. The summed E-state index contributed by atoms with van der Waals surface area (Å²) in [6.45, 7) is 4.77. The fourth-order valence-corrected chi connectivity index (χ4v) is 5.65. The summed E-state index contributed by atoms with van der Waals surface area (Å²) in [5, 5.41) is 3.08. The van der Waals surface area contributed by atoms with Gasteiger partial charge >= 0.3 is 6.03 Å². The van der Waals surface area contributed by atoms with Gasteiger partial charge in [0.1, 0.15) is 17.0 Å². The number of nitrogens with zero attached hydrogens (tertiary/aromatic N) is 2. The molecule has 3 aliphatic rings. The summed E-state index contributed by atoms with van der Waals surface area (Å²) in [6.07, 6.45) is 2.21. The first kappa shape index (κ1) is 24.2. The zero-order valence-corrected chi connectivity index (χ0v) is 21.0. The molecule has 2 aromatic rings. The lowest BCUT2D eigenvalue weighted by Gasteiger charge is -2.40. The highest BCUT2D eigenvalue weighted by molar-refractivity contribution is 6.07. The number of ether oxygens (including phenoxy) is 4. The van der Waals surface area contributed by atoms with Gasteiger partial charge in [0.2, 0.25) is 6.79 Å². The Morgan fingerprint density at radius 3 is 2.50 bits per heavy atom. The molecule has 0 unspecified atom stereocenters. The number of nitrogens with one attached hydrogen (secondary N) is 1. The summed E-state index contributed by atoms with van der Waals surface area (Å²) in [7, 11) is 3.33. The molecule has 2 fully saturated rings. The van der Waals surface area contributed by atoms with E-state index in [9.17, 15) is 9.59 Å². The van der Waals surface area contributed by atoms with Crippen molar-refractivity contribution in [3.05, 3.63) is 47.5 Å². The van der Waals surface area contributed by atoms with Gasteiger partial charge in [-0.15, -0.1) is 0 Å². The van der Waals surface area contributed by atoms with Crippen molar-refractivity contribution < 1.29 is 28.5 Å². The molecule has 0 aliphatic carbocycles. The van der Waals surface area contributed by atoms with Crippen LogP contribution in [0.4, 0.5) is 4.79 Å². The SMILES string of the molecule is CC[C@]1(C2CCN(Cc3cc(OC)ccc3OC)CC2)NC(=O)N(Cc2ccc3c(c2)OCO3)C1=O. The first-order valence-electron chi connectivity index (χ1n) is 12.4. The highest BCUT2D eigenvalue weighted by atomic mass is 16.7. The summed E-state index contributed by atoms with van der Waals surface area (Å²) in [5.41, 5.74) is 1.03. The monoisotopic (exact) mass is 495 g/mol. The van der Waals surface area contributed by atoms with Crippen molar-refractivity contribution in [2.24, 2.45) is 5.92 Å². The van der Waals surface area contributed by atoms with Gasteiger partial charge in [-0.3, -0.25) is 14.6 Å². The minimum absolute atomic E-state index is 0.0733. The van der Waals surface area contributed by atoms with E-state index in [1.54, 1.807) is 14.2 Å². The molecule has 0 radical (unpaired) electrons. The third kappa shape index (κ3) is 4.32. The second-order valence-corrected chi connectivity index (χ2v) is 9.56. The molecular weight excluding hydrogens is 462 g/mol. The molecule has 9 heteroatoms. The number of likely N-dealkylation sites (tertiary alicyclic amines) is 1. The van der Waals surface area contributed by atoms with Crippen molar-refractivity contribution in [3.8, 4) is 23.0 Å². The largest absolute Gasteiger partial charge is 0.497 e. The molecule has 3 heterocycles. The number of hydrogen-bond acceptors (Lipinski definition) is 7. The van der Waals surface area contributed by atoms with E-state index >= 15 is 0 Å². The van der Waals surface area contributed by atoms with Gasteiger partial charge in [0.25, 0.3) is 5.91 Å². The van der Waals surface area contributed by atoms with Crippen LogP contribution in [0.2, 0.25) is 0 Å². The number of carbonyl (C=O) groups is 2. The lowest BCUT2D eigenvalue weighted by atomic mass is 9.75. The number of amides is 3. The van der Waals surface area contributed by atoms with Crippen molar-refractivity contribution >= 4 is 11.9 Å². The normalized spacial score (nSPS) is 22.1. The van der Waals surface area contributed by atoms with Crippen LogP contribution in [0.15, 0.2) is 36.4 Å². The maximum absolute atomic E-state index is 13.7. The Balaban J connectivity index is 1.25. The van der Waals surface area contributed by atoms with Crippen LogP contribution in [-0.4, -0.2) is 61.4 Å². The number of methoxy groups -OCH3 is 2. The van der Waals surface area contributed by atoms with Crippen LogP contribution in [0.5, 0.6) is 23.0 Å².